The molecule has 1 unspecified atom stereocenters. The summed E-state index contributed by atoms with van der Waals surface area (Å²) in [4.78, 5) is 11.5. The van der Waals surface area contributed by atoms with Crippen LogP contribution in [0, 0.1) is 5.92 Å². The summed E-state index contributed by atoms with van der Waals surface area (Å²) >= 11 is 3.61. The maximum absolute atomic E-state index is 11.2. The molecule has 1 aromatic rings. The van der Waals surface area contributed by atoms with Crippen LogP contribution in [-0.2, 0) is 4.74 Å². The van der Waals surface area contributed by atoms with Gasteiger partial charge in [-0.1, -0.05) is 41.9 Å². The molecule has 0 aliphatic heterocycles. The number of halogens is 1. The van der Waals surface area contributed by atoms with Gasteiger partial charge in [0, 0.05) is 4.83 Å². The van der Waals surface area contributed by atoms with Gasteiger partial charge < -0.3 is 4.74 Å². The molecule has 1 aromatic carbocycles. The minimum Gasteiger partial charge on any atom is -0.465 e. The van der Waals surface area contributed by atoms with E-state index < -0.39 is 0 Å². The Bertz CT molecular complexity index is 330. The summed E-state index contributed by atoms with van der Waals surface area (Å²) in [6.07, 6.45) is 0. The van der Waals surface area contributed by atoms with E-state index in [0.29, 0.717) is 16.3 Å². The summed E-state index contributed by atoms with van der Waals surface area (Å²) in [5, 5.41) is 0. The van der Waals surface area contributed by atoms with Crippen molar-refractivity contribution >= 4 is 21.9 Å². The van der Waals surface area contributed by atoms with Crippen LogP contribution in [0.15, 0.2) is 24.3 Å². The van der Waals surface area contributed by atoms with Crippen LogP contribution in [-0.4, -0.2) is 13.1 Å². The number of esters is 1. The summed E-state index contributed by atoms with van der Waals surface area (Å²) in [5.74, 6) is 0.228. The molecule has 0 radical (unpaired) electrons. The normalized spacial score (nSPS) is 12.6. The monoisotopic (exact) mass is 270 g/mol. The highest BCUT2D eigenvalue weighted by atomic mass is 79.9. The topological polar surface area (TPSA) is 26.3 Å². The van der Waals surface area contributed by atoms with E-state index in [2.05, 4.69) is 34.5 Å². The van der Waals surface area contributed by atoms with E-state index in [9.17, 15) is 4.79 Å². The highest BCUT2D eigenvalue weighted by molar-refractivity contribution is 9.09. The van der Waals surface area contributed by atoms with E-state index in [1.54, 1.807) is 12.1 Å². The molecule has 0 aliphatic rings. The van der Waals surface area contributed by atoms with E-state index in [1.165, 1.54) is 12.7 Å². The minimum absolute atomic E-state index is 0.294. The Labute approximate surface area is 98.8 Å². The molecule has 0 bridgehead atoms. The van der Waals surface area contributed by atoms with Crippen LogP contribution in [0.2, 0.25) is 0 Å². The number of benzene rings is 1. The fraction of sp³-hybridized carbons (Fsp3) is 0.417. The number of ether oxygens (including phenoxy) is 1. The van der Waals surface area contributed by atoms with Crippen LogP contribution in [0.3, 0.4) is 0 Å². The average Bonchev–Trinajstić information content (AvgIpc) is 2.27. The lowest BCUT2D eigenvalue weighted by atomic mass is 10.0. The highest BCUT2D eigenvalue weighted by Crippen LogP contribution is 2.30. The van der Waals surface area contributed by atoms with Gasteiger partial charge in [0.25, 0.3) is 0 Å². The Hall–Kier alpha value is -0.830. The molecule has 15 heavy (non-hydrogen) atoms. The first-order valence-electron chi connectivity index (χ1n) is 4.88. The van der Waals surface area contributed by atoms with Crippen molar-refractivity contribution in [1.82, 2.24) is 0 Å². The Morgan fingerprint density at radius 1 is 1.27 bits per heavy atom. The fourth-order valence-corrected chi connectivity index (χ4v) is 1.61. The Kier molecular flexibility index (Phi) is 4.33. The van der Waals surface area contributed by atoms with Crippen LogP contribution < -0.4 is 0 Å². The Morgan fingerprint density at radius 2 is 1.80 bits per heavy atom. The van der Waals surface area contributed by atoms with Gasteiger partial charge in [-0.3, -0.25) is 0 Å². The molecular formula is C12H15BrO2. The van der Waals surface area contributed by atoms with Crippen molar-refractivity contribution in [1.29, 1.82) is 0 Å². The van der Waals surface area contributed by atoms with Crippen LogP contribution >= 0.6 is 15.9 Å². The van der Waals surface area contributed by atoms with Crippen molar-refractivity contribution in [2.45, 2.75) is 18.7 Å². The van der Waals surface area contributed by atoms with E-state index in [0.717, 1.165) is 0 Å². The van der Waals surface area contributed by atoms with Crippen molar-refractivity contribution in [2.24, 2.45) is 5.92 Å². The number of hydrogen-bond acceptors (Lipinski definition) is 2. The quantitative estimate of drug-likeness (QED) is 0.620. The van der Waals surface area contributed by atoms with Crippen LogP contribution in [0.5, 0.6) is 0 Å². The molecule has 0 aliphatic carbocycles. The molecule has 2 nitrogen and oxygen atoms in total. The molecule has 3 heteroatoms. The third kappa shape index (κ3) is 3.06. The maximum Gasteiger partial charge on any atom is 0.337 e. The van der Waals surface area contributed by atoms with Gasteiger partial charge in [0.05, 0.1) is 12.7 Å². The van der Waals surface area contributed by atoms with E-state index in [-0.39, 0.29) is 5.97 Å². The molecule has 0 saturated heterocycles. The predicted octanol–water partition coefficient (Wildman–Crippen LogP) is 3.57. The van der Waals surface area contributed by atoms with Gasteiger partial charge >= 0.3 is 5.97 Å². The first-order chi connectivity index (χ1) is 7.06. The minimum atomic E-state index is -0.294. The fourth-order valence-electron chi connectivity index (χ4n) is 1.31. The summed E-state index contributed by atoms with van der Waals surface area (Å²) in [5.41, 5.74) is 1.77. The van der Waals surface area contributed by atoms with Crippen LogP contribution in [0.4, 0.5) is 0 Å². The second kappa shape index (κ2) is 5.31. The average molecular weight is 271 g/mol. The molecule has 0 spiro atoms. The van der Waals surface area contributed by atoms with Crippen molar-refractivity contribution < 1.29 is 9.53 Å². The zero-order valence-corrected chi connectivity index (χ0v) is 10.7. The first-order valence-corrected chi connectivity index (χ1v) is 5.80. The molecule has 0 aromatic heterocycles. The van der Waals surface area contributed by atoms with Crippen molar-refractivity contribution in [3.63, 3.8) is 0 Å². The smallest absolute Gasteiger partial charge is 0.337 e. The molecule has 1 atom stereocenters. The second-order valence-corrected chi connectivity index (χ2v) is 4.75. The van der Waals surface area contributed by atoms with Crippen molar-refractivity contribution in [2.75, 3.05) is 7.11 Å². The maximum atomic E-state index is 11.2. The third-order valence-corrected chi connectivity index (χ3v) is 3.82. The third-order valence-electron chi connectivity index (χ3n) is 2.24. The molecule has 0 amide bonds. The number of carbonyl (C=O) groups is 1. The molecule has 0 N–H and O–H groups in total. The van der Waals surface area contributed by atoms with E-state index >= 15 is 0 Å². The number of alkyl halides is 1. The summed E-state index contributed by atoms with van der Waals surface area (Å²) in [6, 6.07) is 7.48. The van der Waals surface area contributed by atoms with Gasteiger partial charge in [-0.15, -0.1) is 0 Å². The largest absolute Gasteiger partial charge is 0.465 e. The van der Waals surface area contributed by atoms with Crippen molar-refractivity contribution in [3.05, 3.63) is 35.4 Å². The molecule has 0 heterocycles. The lowest BCUT2D eigenvalue weighted by Crippen LogP contribution is -2.03. The molecule has 82 valence electrons. The summed E-state index contributed by atoms with van der Waals surface area (Å²) in [7, 11) is 1.39. The van der Waals surface area contributed by atoms with Gasteiger partial charge in [-0.2, -0.15) is 0 Å². The first kappa shape index (κ1) is 12.2. The van der Waals surface area contributed by atoms with Crippen LogP contribution in [0.1, 0.15) is 34.6 Å². The molecule has 0 fully saturated rings. The summed E-state index contributed by atoms with van der Waals surface area (Å²) in [6.45, 7) is 4.29. The van der Waals surface area contributed by atoms with E-state index in [4.69, 9.17) is 0 Å². The van der Waals surface area contributed by atoms with Gasteiger partial charge in [-0.05, 0) is 23.6 Å². The standard InChI is InChI=1S/C12H15BrO2/c1-8(2)11(13)9-4-6-10(7-5-9)12(14)15-3/h4-8,11H,1-3H3. The van der Waals surface area contributed by atoms with E-state index in [1.807, 2.05) is 12.1 Å². The predicted molar refractivity (Wildman–Crippen MR) is 64.3 cm³/mol. The van der Waals surface area contributed by atoms with Gasteiger partial charge in [0.2, 0.25) is 0 Å². The second-order valence-electron chi connectivity index (χ2n) is 3.76. The Balaban J connectivity index is 2.85. The Morgan fingerprint density at radius 3 is 2.20 bits per heavy atom. The SMILES string of the molecule is COC(=O)c1ccc(C(Br)C(C)C)cc1. The zero-order chi connectivity index (χ0) is 11.4. The molecule has 1 rings (SSSR count). The van der Waals surface area contributed by atoms with Gasteiger partial charge in [0.1, 0.15) is 0 Å². The number of methoxy groups -OCH3 is 1. The van der Waals surface area contributed by atoms with Gasteiger partial charge in [-0.25, -0.2) is 4.79 Å². The molecular weight excluding hydrogens is 256 g/mol. The summed E-state index contributed by atoms with van der Waals surface area (Å²) < 4.78 is 4.63. The number of hydrogen-bond donors (Lipinski definition) is 0. The highest BCUT2D eigenvalue weighted by Gasteiger charge is 2.12. The molecule has 0 saturated carbocycles. The number of rotatable bonds is 3. The lowest BCUT2D eigenvalue weighted by molar-refractivity contribution is 0.0600. The van der Waals surface area contributed by atoms with Gasteiger partial charge in [0.15, 0.2) is 0 Å². The number of carbonyl (C=O) groups excluding carboxylic acids is 1. The zero-order valence-electron chi connectivity index (χ0n) is 9.16. The van der Waals surface area contributed by atoms with Crippen molar-refractivity contribution in [3.8, 4) is 0 Å². The lowest BCUT2D eigenvalue weighted by Gasteiger charge is -2.14. The van der Waals surface area contributed by atoms with Crippen LogP contribution in [0.25, 0.3) is 0 Å².